The van der Waals surface area contributed by atoms with Crippen molar-refractivity contribution in [2.45, 2.75) is 25.7 Å². The summed E-state index contributed by atoms with van der Waals surface area (Å²) in [6.45, 7) is 2.85. The lowest BCUT2D eigenvalue weighted by atomic mass is 9.90. The van der Waals surface area contributed by atoms with E-state index < -0.39 is 11.9 Å². The standard InChI is InChI=1S/C30H31BrN4O4/c1-19(36)35(17-16-34(2)3)24-12-10-23(11-13-24)32-29(21-7-4-20(5-8-21)6-15-27(37)38)28-25-14-9-22(31)18-26(25)33-30(28)39/h4-5,7-14,18,28H,6,15-17H2,1-3H3,(H,33,39)(H,37,38). The molecule has 3 aromatic rings. The number of likely N-dealkylation sites (N-methyl/N-ethyl adjacent to an activating group) is 1. The number of benzene rings is 3. The highest BCUT2D eigenvalue weighted by Crippen LogP contribution is 2.38. The van der Waals surface area contributed by atoms with E-state index in [1.54, 1.807) is 11.8 Å². The lowest BCUT2D eigenvalue weighted by Gasteiger charge is -2.23. The van der Waals surface area contributed by atoms with Crippen LogP contribution in [0.15, 0.2) is 76.2 Å². The van der Waals surface area contributed by atoms with Gasteiger partial charge in [0.2, 0.25) is 11.8 Å². The van der Waals surface area contributed by atoms with Gasteiger partial charge in [-0.2, -0.15) is 0 Å². The number of carboxylic acid groups (broad SMARTS) is 1. The highest BCUT2D eigenvalue weighted by molar-refractivity contribution is 9.10. The first-order valence-electron chi connectivity index (χ1n) is 12.7. The molecule has 0 saturated heterocycles. The van der Waals surface area contributed by atoms with Crippen LogP contribution in [0.25, 0.3) is 0 Å². The Morgan fingerprint density at radius 3 is 2.31 bits per heavy atom. The summed E-state index contributed by atoms with van der Waals surface area (Å²) in [5.74, 6) is -1.67. The van der Waals surface area contributed by atoms with Gasteiger partial charge < -0.3 is 20.2 Å². The van der Waals surface area contributed by atoms with Gasteiger partial charge in [-0.25, -0.2) is 0 Å². The number of amides is 2. The quantitative estimate of drug-likeness (QED) is 0.314. The molecule has 202 valence electrons. The molecule has 0 spiro atoms. The number of anilines is 2. The number of rotatable bonds is 10. The molecule has 0 saturated carbocycles. The minimum Gasteiger partial charge on any atom is -0.481 e. The summed E-state index contributed by atoms with van der Waals surface area (Å²) in [5.41, 5.74) is 5.25. The Kier molecular flexibility index (Phi) is 8.93. The van der Waals surface area contributed by atoms with Gasteiger partial charge in [0.05, 0.1) is 11.4 Å². The van der Waals surface area contributed by atoms with E-state index in [0.717, 1.165) is 39.1 Å². The van der Waals surface area contributed by atoms with Crippen molar-refractivity contribution in [2.75, 3.05) is 37.4 Å². The summed E-state index contributed by atoms with van der Waals surface area (Å²) in [6, 6.07) is 20.6. The van der Waals surface area contributed by atoms with E-state index in [2.05, 4.69) is 21.2 Å². The average molecular weight is 592 g/mol. The number of aliphatic imine (C=N–C) groups is 1. The molecule has 4 rings (SSSR count). The van der Waals surface area contributed by atoms with Crippen molar-refractivity contribution in [3.05, 3.63) is 87.9 Å². The first-order chi connectivity index (χ1) is 18.6. The first-order valence-corrected chi connectivity index (χ1v) is 13.4. The summed E-state index contributed by atoms with van der Waals surface area (Å²) < 4.78 is 0.864. The highest BCUT2D eigenvalue weighted by Gasteiger charge is 2.35. The number of carbonyl (C=O) groups is 3. The van der Waals surface area contributed by atoms with Gasteiger partial charge in [0.25, 0.3) is 0 Å². The molecule has 0 fully saturated rings. The number of fused-ring (bicyclic) bond motifs is 1. The predicted octanol–water partition coefficient (Wildman–Crippen LogP) is 5.24. The monoisotopic (exact) mass is 590 g/mol. The van der Waals surface area contributed by atoms with E-state index >= 15 is 0 Å². The van der Waals surface area contributed by atoms with Gasteiger partial charge in [0.15, 0.2) is 0 Å². The van der Waals surface area contributed by atoms with Crippen LogP contribution in [0.4, 0.5) is 17.1 Å². The topological polar surface area (TPSA) is 102 Å². The van der Waals surface area contributed by atoms with Crippen molar-refractivity contribution in [1.29, 1.82) is 0 Å². The summed E-state index contributed by atoms with van der Waals surface area (Å²) in [4.78, 5) is 45.2. The second kappa shape index (κ2) is 12.4. The van der Waals surface area contributed by atoms with E-state index in [0.29, 0.717) is 24.4 Å². The molecule has 1 unspecified atom stereocenters. The van der Waals surface area contributed by atoms with E-state index in [4.69, 9.17) is 10.1 Å². The Morgan fingerprint density at radius 1 is 1.00 bits per heavy atom. The van der Waals surface area contributed by atoms with Gasteiger partial charge in [-0.1, -0.05) is 46.3 Å². The van der Waals surface area contributed by atoms with Crippen LogP contribution in [-0.4, -0.2) is 60.7 Å². The lowest BCUT2D eigenvalue weighted by molar-refractivity contribution is -0.137. The molecule has 39 heavy (non-hydrogen) atoms. The molecule has 1 aliphatic rings. The number of hydrogen-bond acceptors (Lipinski definition) is 5. The molecule has 0 aromatic heterocycles. The number of carboxylic acids is 1. The van der Waals surface area contributed by atoms with Gasteiger partial charge in [-0.3, -0.25) is 19.4 Å². The van der Waals surface area contributed by atoms with Crippen LogP contribution in [0.5, 0.6) is 0 Å². The number of halogens is 1. The van der Waals surface area contributed by atoms with Gasteiger partial charge in [-0.05, 0) is 73.6 Å². The maximum atomic E-state index is 13.2. The third-order valence-corrected chi connectivity index (χ3v) is 7.05. The van der Waals surface area contributed by atoms with E-state index in [1.807, 2.05) is 85.7 Å². The maximum Gasteiger partial charge on any atom is 0.303 e. The van der Waals surface area contributed by atoms with Crippen LogP contribution in [0.1, 0.15) is 36.0 Å². The minimum absolute atomic E-state index is 0.0397. The van der Waals surface area contributed by atoms with Crippen molar-refractivity contribution >= 4 is 56.5 Å². The van der Waals surface area contributed by atoms with Gasteiger partial charge in [-0.15, -0.1) is 0 Å². The van der Waals surface area contributed by atoms with Crippen LogP contribution in [0.2, 0.25) is 0 Å². The zero-order chi connectivity index (χ0) is 28.1. The number of aliphatic carboxylic acids is 1. The van der Waals surface area contributed by atoms with Crippen LogP contribution >= 0.6 is 15.9 Å². The number of carbonyl (C=O) groups excluding carboxylic acids is 2. The smallest absolute Gasteiger partial charge is 0.303 e. The minimum atomic E-state index is -0.847. The molecule has 8 nitrogen and oxygen atoms in total. The Bertz CT molecular complexity index is 1400. The van der Waals surface area contributed by atoms with Crippen LogP contribution in [0, 0.1) is 0 Å². The van der Waals surface area contributed by atoms with Crippen molar-refractivity contribution in [3.8, 4) is 0 Å². The van der Waals surface area contributed by atoms with Crippen LogP contribution in [-0.2, 0) is 20.8 Å². The molecule has 1 aliphatic heterocycles. The molecular weight excluding hydrogens is 560 g/mol. The molecule has 0 aliphatic carbocycles. The third kappa shape index (κ3) is 6.99. The summed E-state index contributed by atoms with van der Waals surface area (Å²) in [5, 5.41) is 12.0. The summed E-state index contributed by atoms with van der Waals surface area (Å²) in [6.07, 6.45) is 0.469. The SMILES string of the molecule is CC(=O)N(CCN(C)C)c1ccc(N=C(c2ccc(CCC(=O)O)cc2)C2C(=O)Nc3cc(Br)ccc32)cc1. The molecule has 2 N–H and O–H groups in total. The van der Waals surface area contributed by atoms with E-state index in [-0.39, 0.29) is 18.2 Å². The van der Waals surface area contributed by atoms with E-state index in [1.165, 1.54) is 0 Å². The number of nitrogens with one attached hydrogen (secondary N) is 1. The largest absolute Gasteiger partial charge is 0.481 e. The van der Waals surface area contributed by atoms with Crippen molar-refractivity contribution in [2.24, 2.45) is 4.99 Å². The van der Waals surface area contributed by atoms with Crippen LogP contribution < -0.4 is 10.2 Å². The predicted molar refractivity (Wildman–Crippen MR) is 157 cm³/mol. The van der Waals surface area contributed by atoms with Gasteiger partial charge in [0.1, 0.15) is 5.92 Å². The fraction of sp³-hybridized carbons (Fsp3) is 0.267. The first kappa shape index (κ1) is 28.2. The molecule has 1 atom stereocenters. The highest BCUT2D eigenvalue weighted by atomic mass is 79.9. The van der Waals surface area contributed by atoms with Crippen molar-refractivity contribution in [3.63, 3.8) is 0 Å². The number of hydrogen-bond donors (Lipinski definition) is 2. The lowest BCUT2D eigenvalue weighted by Crippen LogP contribution is -2.35. The molecular formula is C30H31BrN4O4. The second-order valence-corrected chi connectivity index (χ2v) is 10.6. The molecule has 9 heteroatoms. The van der Waals surface area contributed by atoms with Gasteiger partial charge in [0, 0.05) is 42.3 Å². The summed E-state index contributed by atoms with van der Waals surface area (Å²) in [7, 11) is 3.93. The second-order valence-electron chi connectivity index (χ2n) is 9.73. The molecule has 3 aromatic carbocycles. The molecule has 2 amide bonds. The van der Waals surface area contributed by atoms with Gasteiger partial charge >= 0.3 is 5.97 Å². The number of aryl methyl sites for hydroxylation is 1. The maximum absolute atomic E-state index is 13.2. The Balaban J connectivity index is 1.72. The Labute approximate surface area is 236 Å². The van der Waals surface area contributed by atoms with Crippen LogP contribution in [0.3, 0.4) is 0 Å². The fourth-order valence-corrected chi connectivity index (χ4v) is 4.87. The molecule has 0 bridgehead atoms. The number of nitrogens with zero attached hydrogens (tertiary/aromatic N) is 3. The van der Waals surface area contributed by atoms with Crippen molar-refractivity contribution < 1.29 is 19.5 Å². The molecule has 0 radical (unpaired) electrons. The van der Waals surface area contributed by atoms with Crippen molar-refractivity contribution in [1.82, 2.24) is 4.90 Å². The summed E-state index contributed by atoms with van der Waals surface area (Å²) >= 11 is 3.47. The Morgan fingerprint density at radius 2 is 1.69 bits per heavy atom. The normalized spacial score (nSPS) is 14.7. The fourth-order valence-electron chi connectivity index (χ4n) is 4.51. The average Bonchev–Trinajstić information content (AvgIpc) is 3.21. The zero-order valence-electron chi connectivity index (χ0n) is 22.1. The Hall–Kier alpha value is -3.82. The third-order valence-electron chi connectivity index (χ3n) is 6.56. The molecule has 1 heterocycles. The van der Waals surface area contributed by atoms with E-state index in [9.17, 15) is 14.4 Å². The zero-order valence-corrected chi connectivity index (χ0v) is 23.7.